The molecule has 4 nitrogen and oxygen atoms in total. The Kier molecular flexibility index (Phi) is 2.83. The lowest BCUT2D eigenvalue weighted by Gasteiger charge is -2.06. The first kappa shape index (κ1) is 11.6. The number of nitrogen functional groups attached to an aromatic ring is 1. The Morgan fingerprint density at radius 3 is 2.63 bits per heavy atom. The van der Waals surface area contributed by atoms with Crippen LogP contribution in [-0.2, 0) is 6.54 Å². The van der Waals surface area contributed by atoms with Crippen molar-refractivity contribution in [3.63, 3.8) is 0 Å². The monoisotopic (exact) mass is 253 g/mol. The molecule has 0 bridgehead atoms. The van der Waals surface area contributed by atoms with Crippen molar-refractivity contribution < 1.29 is 4.74 Å². The zero-order valence-electron chi connectivity index (χ0n) is 10.7. The van der Waals surface area contributed by atoms with Gasteiger partial charge in [0.2, 0.25) is 5.95 Å². The number of rotatable bonds is 3. The molecule has 1 heterocycles. The van der Waals surface area contributed by atoms with Crippen LogP contribution in [0.1, 0.15) is 6.92 Å². The van der Waals surface area contributed by atoms with E-state index >= 15 is 0 Å². The maximum Gasteiger partial charge on any atom is 0.201 e. The lowest BCUT2D eigenvalue weighted by atomic mass is 10.3. The first-order valence-corrected chi connectivity index (χ1v) is 6.26. The Bertz CT molecular complexity index is 704. The molecular formula is C15H15N3O. The van der Waals surface area contributed by atoms with Crippen LogP contribution in [0, 0.1) is 0 Å². The SMILES string of the molecule is CCn1c(N)nc2ccc(Oc3ccccc3)cc21. The first-order valence-electron chi connectivity index (χ1n) is 6.26. The molecule has 0 saturated heterocycles. The minimum atomic E-state index is 0.536. The van der Waals surface area contributed by atoms with E-state index in [4.69, 9.17) is 10.5 Å². The minimum Gasteiger partial charge on any atom is -0.457 e. The van der Waals surface area contributed by atoms with Gasteiger partial charge in [-0.3, -0.25) is 0 Å². The van der Waals surface area contributed by atoms with Gasteiger partial charge in [0.1, 0.15) is 11.5 Å². The Hall–Kier alpha value is -2.49. The van der Waals surface area contributed by atoms with Crippen molar-refractivity contribution in [2.24, 2.45) is 0 Å². The Morgan fingerprint density at radius 2 is 1.89 bits per heavy atom. The molecule has 3 aromatic rings. The fourth-order valence-electron chi connectivity index (χ4n) is 2.14. The molecule has 2 N–H and O–H groups in total. The highest BCUT2D eigenvalue weighted by Gasteiger charge is 2.08. The quantitative estimate of drug-likeness (QED) is 0.778. The van der Waals surface area contributed by atoms with E-state index in [-0.39, 0.29) is 0 Å². The molecule has 0 aliphatic rings. The molecule has 19 heavy (non-hydrogen) atoms. The average molecular weight is 253 g/mol. The Labute approximate surface area is 111 Å². The van der Waals surface area contributed by atoms with E-state index in [2.05, 4.69) is 4.98 Å². The lowest BCUT2D eigenvalue weighted by Crippen LogP contribution is -2.00. The second kappa shape index (κ2) is 4.65. The number of ether oxygens (including phenoxy) is 1. The summed E-state index contributed by atoms with van der Waals surface area (Å²) in [5.74, 6) is 2.14. The molecule has 2 aromatic carbocycles. The molecule has 0 saturated carbocycles. The molecule has 0 amide bonds. The van der Waals surface area contributed by atoms with Gasteiger partial charge in [0, 0.05) is 12.6 Å². The third kappa shape index (κ3) is 2.12. The minimum absolute atomic E-state index is 0.536. The third-order valence-electron chi connectivity index (χ3n) is 3.04. The number of benzene rings is 2. The van der Waals surface area contributed by atoms with Crippen molar-refractivity contribution in [1.29, 1.82) is 0 Å². The van der Waals surface area contributed by atoms with Crippen molar-refractivity contribution in [1.82, 2.24) is 9.55 Å². The normalized spacial score (nSPS) is 10.8. The van der Waals surface area contributed by atoms with Gasteiger partial charge in [0.25, 0.3) is 0 Å². The second-order valence-corrected chi connectivity index (χ2v) is 4.28. The van der Waals surface area contributed by atoms with Gasteiger partial charge in [-0.1, -0.05) is 18.2 Å². The first-order chi connectivity index (χ1) is 9.28. The van der Waals surface area contributed by atoms with Crippen LogP contribution in [0.5, 0.6) is 11.5 Å². The molecule has 96 valence electrons. The Balaban J connectivity index is 2.01. The smallest absolute Gasteiger partial charge is 0.201 e. The number of hydrogen-bond donors (Lipinski definition) is 1. The highest BCUT2D eigenvalue weighted by atomic mass is 16.5. The van der Waals surface area contributed by atoms with E-state index in [9.17, 15) is 0 Å². The number of nitrogens with zero attached hydrogens (tertiary/aromatic N) is 2. The van der Waals surface area contributed by atoms with E-state index in [1.165, 1.54) is 0 Å². The average Bonchev–Trinajstić information content (AvgIpc) is 2.74. The highest BCUT2D eigenvalue weighted by Crippen LogP contribution is 2.26. The number of aromatic nitrogens is 2. The second-order valence-electron chi connectivity index (χ2n) is 4.28. The van der Waals surface area contributed by atoms with Crippen molar-refractivity contribution in [3.8, 4) is 11.5 Å². The maximum atomic E-state index is 5.88. The van der Waals surface area contributed by atoms with E-state index in [1.54, 1.807) is 0 Å². The largest absolute Gasteiger partial charge is 0.457 e. The van der Waals surface area contributed by atoms with Gasteiger partial charge in [-0.2, -0.15) is 0 Å². The van der Waals surface area contributed by atoms with Crippen molar-refractivity contribution >= 4 is 17.0 Å². The molecule has 0 aliphatic heterocycles. The molecule has 1 aromatic heterocycles. The summed E-state index contributed by atoms with van der Waals surface area (Å²) in [5, 5.41) is 0. The number of nitrogens with two attached hydrogens (primary N) is 1. The highest BCUT2D eigenvalue weighted by molar-refractivity contribution is 5.80. The number of fused-ring (bicyclic) bond motifs is 1. The maximum absolute atomic E-state index is 5.88. The van der Waals surface area contributed by atoms with Crippen LogP contribution < -0.4 is 10.5 Å². The zero-order valence-corrected chi connectivity index (χ0v) is 10.7. The van der Waals surface area contributed by atoms with Gasteiger partial charge >= 0.3 is 0 Å². The summed E-state index contributed by atoms with van der Waals surface area (Å²) in [4.78, 5) is 4.32. The zero-order chi connectivity index (χ0) is 13.2. The molecule has 0 aliphatic carbocycles. The molecule has 4 heteroatoms. The summed E-state index contributed by atoms with van der Waals surface area (Å²) in [6.45, 7) is 2.83. The van der Waals surface area contributed by atoms with Gasteiger partial charge in [-0.15, -0.1) is 0 Å². The summed E-state index contributed by atoms with van der Waals surface area (Å²) in [5.41, 5.74) is 7.76. The lowest BCUT2D eigenvalue weighted by molar-refractivity contribution is 0.483. The summed E-state index contributed by atoms with van der Waals surface area (Å²) < 4.78 is 7.78. The number of anilines is 1. The topological polar surface area (TPSA) is 53.1 Å². The van der Waals surface area contributed by atoms with Crippen LogP contribution in [0.4, 0.5) is 5.95 Å². The molecule has 0 fully saturated rings. The molecular weight excluding hydrogens is 238 g/mol. The van der Waals surface area contributed by atoms with Crippen LogP contribution >= 0.6 is 0 Å². The fraction of sp³-hybridized carbons (Fsp3) is 0.133. The number of para-hydroxylation sites is 1. The van der Waals surface area contributed by atoms with Crippen LogP contribution in [0.3, 0.4) is 0 Å². The van der Waals surface area contributed by atoms with Crippen molar-refractivity contribution in [3.05, 3.63) is 48.5 Å². The molecule has 0 unspecified atom stereocenters. The van der Waals surface area contributed by atoms with E-state index in [1.807, 2.05) is 60.0 Å². The summed E-state index contributed by atoms with van der Waals surface area (Å²) in [7, 11) is 0. The molecule has 0 atom stereocenters. The van der Waals surface area contributed by atoms with Crippen molar-refractivity contribution in [2.45, 2.75) is 13.5 Å². The van der Waals surface area contributed by atoms with Gasteiger partial charge in [-0.05, 0) is 31.2 Å². The molecule has 0 radical (unpaired) electrons. The number of aryl methyl sites for hydroxylation is 1. The Morgan fingerprint density at radius 1 is 1.11 bits per heavy atom. The van der Waals surface area contributed by atoms with Gasteiger partial charge < -0.3 is 15.0 Å². The van der Waals surface area contributed by atoms with Crippen LogP contribution in [0.25, 0.3) is 11.0 Å². The predicted molar refractivity (Wildman–Crippen MR) is 76.3 cm³/mol. The number of imidazole rings is 1. The van der Waals surface area contributed by atoms with Gasteiger partial charge in [-0.25, -0.2) is 4.98 Å². The van der Waals surface area contributed by atoms with E-state index in [0.29, 0.717) is 5.95 Å². The van der Waals surface area contributed by atoms with Crippen LogP contribution in [0.15, 0.2) is 48.5 Å². The summed E-state index contributed by atoms with van der Waals surface area (Å²) in [6, 6.07) is 15.5. The standard InChI is InChI=1S/C15H15N3O/c1-2-18-14-10-12(8-9-13(14)17-15(18)16)19-11-6-4-3-5-7-11/h3-10H,2H2,1H3,(H2,16,17). The molecule has 0 spiro atoms. The fourth-order valence-corrected chi connectivity index (χ4v) is 2.14. The summed E-state index contributed by atoms with van der Waals surface area (Å²) in [6.07, 6.45) is 0. The van der Waals surface area contributed by atoms with Crippen LogP contribution in [0.2, 0.25) is 0 Å². The van der Waals surface area contributed by atoms with Gasteiger partial charge in [0.15, 0.2) is 0 Å². The summed E-state index contributed by atoms with van der Waals surface area (Å²) >= 11 is 0. The molecule has 3 rings (SSSR count). The van der Waals surface area contributed by atoms with Crippen LogP contribution in [-0.4, -0.2) is 9.55 Å². The van der Waals surface area contributed by atoms with Gasteiger partial charge in [0.05, 0.1) is 11.0 Å². The van der Waals surface area contributed by atoms with Crippen molar-refractivity contribution in [2.75, 3.05) is 5.73 Å². The van der Waals surface area contributed by atoms with E-state index < -0.39 is 0 Å². The third-order valence-corrected chi connectivity index (χ3v) is 3.04. The van der Waals surface area contributed by atoms with E-state index in [0.717, 1.165) is 29.1 Å². The predicted octanol–water partition coefficient (Wildman–Crippen LogP) is 3.43. The number of hydrogen-bond acceptors (Lipinski definition) is 3.